The van der Waals surface area contributed by atoms with Gasteiger partial charge in [-0.15, -0.1) is 0 Å². The number of nitrogens with one attached hydrogen (secondary N) is 1. The lowest BCUT2D eigenvalue weighted by Crippen LogP contribution is -2.12. The molecule has 0 aliphatic heterocycles. The Morgan fingerprint density at radius 3 is 2.31 bits per heavy atom. The van der Waals surface area contributed by atoms with Gasteiger partial charge in [-0.2, -0.15) is 0 Å². The van der Waals surface area contributed by atoms with Gasteiger partial charge in [-0.25, -0.2) is 0 Å². The van der Waals surface area contributed by atoms with Crippen molar-refractivity contribution in [3.8, 4) is 17.2 Å². The lowest BCUT2D eigenvalue weighted by Gasteiger charge is -2.10. The average Bonchev–Trinajstić information content (AvgIpc) is 2.65. The molecule has 0 saturated carbocycles. The molecule has 26 heavy (non-hydrogen) atoms. The van der Waals surface area contributed by atoms with E-state index in [0.717, 1.165) is 0 Å². The van der Waals surface area contributed by atoms with E-state index in [1.54, 1.807) is 42.5 Å². The van der Waals surface area contributed by atoms with Crippen molar-refractivity contribution in [1.29, 1.82) is 0 Å². The predicted octanol–water partition coefficient (Wildman–Crippen LogP) is 3.20. The minimum Gasteiger partial charge on any atom is -0.494 e. The molecule has 2 N–H and O–H groups in total. The second-order valence-electron chi connectivity index (χ2n) is 5.39. The van der Waals surface area contributed by atoms with E-state index in [9.17, 15) is 9.59 Å². The van der Waals surface area contributed by atoms with Gasteiger partial charge in [-0.3, -0.25) is 9.59 Å². The molecular formula is C19H21NO6. The summed E-state index contributed by atoms with van der Waals surface area (Å²) >= 11 is 0. The summed E-state index contributed by atoms with van der Waals surface area (Å²) in [4.78, 5) is 22.8. The van der Waals surface area contributed by atoms with Crippen LogP contribution in [-0.2, 0) is 4.79 Å². The predicted molar refractivity (Wildman–Crippen MR) is 96.3 cm³/mol. The number of anilines is 1. The highest BCUT2D eigenvalue weighted by atomic mass is 16.5. The van der Waals surface area contributed by atoms with Gasteiger partial charge in [0.2, 0.25) is 0 Å². The molecule has 2 aromatic carbocycles. The third kappa shape index (κ3) is 5.41. The molecule has 0 bridgehead atoms. The van der Waals surface area contributed by atoms with Crippen LogP contribution in [0.3, 0.4) is 0 Å². The molecule has 0 aromatic heterocycles. The van der Waals surface area contributed by atoms with Crippen LogP contribution in [-0.4, -0.2) is 37.8 Å². The van der Waals surface area contributed by atoms with E-state index in [1.807, 2.05) is 0 Å². The highest BCUT2D eigenvalue weighted by Gasteiger charge is 2.11. The quantitative estimate of drug-likeness (QED) is 0.668. The lowest BCUT2D eigenvalue weighted by atomic mass is 10.2. The third-order valence-corrected chi connectivity index (χ3v) is 3.56. The van der Waals surface area contributed by atoms with Crippen molar-refractivity contribution in [3.05, 3.63) is 48.0 Å². The number of carboxylic acids is 1. The zero-order chi connectivity index (χ0) is 18.9. The molecule has 0 unspecified atom stereocenters. The van der Waals surface area contributed by atoms with Crippen LogP contribution in [0.15, 0.2) is 42.5 Å². The number of aliphatic carboxylic acids is 1. The zero-order valence-electron chi connectivity index (χ0n) is 14.7. The molecule has 7 nitrogen and oxygen atoms in total. The number of methoxy groups -OCH3 is 2. The highest BCUT2D eigenvalue weighted by molar-refractivity contribution is 6.04. The largest absolute Gasteiger partial charge is 0.494 e. The molecule has 138 valence electrons. The second-order valence-corrected chi connectivity index (χ2v) is 5.39. The summed E-state index contributed by atoms with van der Waals surface area (Å²) in [6.45, 7) is 0.323. The maximum absolute atomic E-state index is 12.3. The SMILES string of the molecule is COc1ccc(C(=O)Nc2ccc(OCCCC(=O)O)cc2)cc1OC. The Morgan fingerprint density at radius 2 is 1.69 bits per heavy atom. The third-order valence-electron chi connectivity index (χ3n) is 3.56. The molecule has 0 spiro atoms. The molecule has 7 heteroatoms. The average molecular weight is 359 g/mol. The number of hydrogen-bond donors (Lipinski definition) is 2. The van der Waals surface area contributed by atoms with E-state index in [-0.39, 0.29) is 12.3 Å². The van der Waals surface area contributed by atoms with Gasteiger partial charge in [-0.05, 0) is 48.9 Å². The van der Waals surface area contributed by atoms with Crippen molar-refractivity contribution >= 4 is 17.6 Å². The molecular weight excluding hydrogens is 338 g/mol. The van der Waals surface area contributed by atoms with E-state index >= 15 is 0 Å². The fraction of sp³-hybridized carbons (Fsp3) is 0.263. The first-order valence-electron chi connectivity index (χ1n) is 8.01. The minimum absolute atomic E-state index is 0.0689. The monoisotopic (exact) mass is 359 g/mol. The van der Waals surface area contributed by atoms with Crippen LogP contribution in [0, 0.1) is 0 Å². The first kappa shape index (κ1) is 19.1. The van der Waals surface area contributed by atoms with Crippen LogP contribution in [0.5, 0.6) is 17.2 Å². The number of amides is 1. The Balaban J connectivity index is 1.94. The molecule has 0 aliphatic carbocycles. The summed E-state index contributed by atoms with van der Waals surface area (Å²) in [6, 6.07) is 11.8. The second kappa shape index (κ2) is 9.31. The van der Waals surface area contributed by atoms with E-state index in [1.165, 1.54) is 14.2 Å². The number of carboxylic acid groups (broad SMARTS) is 1. The number of hydrogen-bond acceptors (Lipinski definition) is 5. The van der Waals surface area contributed by atoms with Gasteiger partial charge in [0.25, 0.3) is 5.91 Å². The van der Waals surface area contributed by atoms with Crippen LogP contribution in [0.4, 0.5) is 5.69 Å². The Kier molecular flexibility index (Phi) is 6.84. The number of carbonyl (C=O) groups excluding carboxylic acids is 1. The van der Waals surface area contributed by atoms with Crippen LogP contribution in [0.1, 0.15) is 23.2 Å². The molecule has 0 radical (unpaired) electrons. The zero-order valence-corrected chi connectivity index (χ0v) is 14.7. The summed E-state index contributed by atoms with van der Waals surface area (Å²) in [6.07, 6.45) is 0.507. The van der Waals surface area contributed by atoms with Crippen LogP contribution < -0.4 is 19.5 Å². The lowest BCUT2D eigenvalue weighted by molar-refractivity contribution is -0.137. The van der Waals surface area contributed by atoms with Crippen molar-refractivity contribution < 1.29 is 28.9 Å². The number of rotatable bonds is 9. The minimum atomic E-state index is -0.846. The fourth-order valence-corrected chi connectivity index (χ4v) is 2.23. The molecule has 0 aliphatic rings. The molecule has 0 fully saturated rings. The van der Waals surface area contributed by atoms with Gasteiger partial charge < -0.3 is 24.6 Å². The van der Waals surface area contributed by atoms with Crippen molar-refractivity contribution in [2.45, 2.75) is 12.8 Å². The molecule has 2 aromatic rings. The van der Waals surface area contributed by atoms with Crippen molar-refractivity contribution in [3.63, 3.8) is 0 Å². The van der Waals surface area contributed by atoms with Crippen LogP contribution >= 0.6 is 0 Å². The molecule has 0 saturated heterocycles. The standard InChI is InChI=1S/C19H21NO6/c1-24-16-10-5-13(12-17(16)25-2)19(23)20-14-6-8-15(9-7-14)26-11-3-4-18(21)22/h5-10,12H,3-4,11H2,1-2H3,(H,20,23)(H,21,22). The Labute approximate surface area is 151 Å². The summed E-state index contributed by atoms with van der Waals surface area (Å²) in [5.74, 6) is 0.515. The van der Waals surface area contributed by atoms with Gasteiger partial charge in [-0.1, -0.05) is 0 Å². The topological polar surface area (TPSA) is 94.1 Å². The van der Waals surface area contributed by atoms with Gasteiger partial charge in [0.15, 0.2) is 11.5 Å². The number of carbonyl (C=O) groups is 2. The molecule has 0 heterocycles. The summed E-state index contributed by atoms with van der Waals surface area (Å²) in [5.41, 5.74) is 1.05. The first-order valence-corrected chi connectivity index (χ1v) is 8.01. The van der Waals surface area contributed by atoms with Crippen molar-refractivity contribution in [1.82, 2.24) is 0 Å². The van der Waals surface area contributed by atoms with E-state index in [4.69, 9.17) is 19.3 Å². The normalized spacial score (nSPS) is 10.1. The molecule has 1 amide bonds. The number of ether oxygens (including phenoxy) is 3. The van der Waals surface area contributed by atoms with Gasteiger partial charge in [0, 0.05) is 17.7 Å². The smallest absolute Gasteiger partial charge is 0.303 e. The van der Waals surface area contributed by atoms with Gasteiger partial charge >= 0.3 is 5.97 Å². The van der Waals surface area contributed by atoms with E-state index in [0.29, 0.717) is 41.5 Å². The Morgan fingerprint density at radius 1 is 1.00 bits per heavy atom. The van der Waals surface area contributed by atoms with Crippen LogP contribution in [0.25, 0.3) is 0 Å². The maximum Gasteiger partial charge on any atom is 0.303 e. The fourth-order valence-electron chi connectivity index (χ4n) is 2.23. The van der Waals surface area contributed by atoms with Crippen LogP contribution in [0.2, 0.25) is 0 Å². The van der Waals surface area contributed by atoms with Gasteiger partial charge in [0.05, 0.1) is 20.8 Å². The molecule has 2 rings (SSSR count). The maximum atomic E-state index is 12.3. The summed E-state index contributed by atoms with van der Waals surface area (Å²) < 4.78 is 15.8. The highest BCUT2D eigenvalue weighted by Crippen LogP contribution is 2.28. The first-order chi connectivity index (χ1) is 12.5. The Hall–Kier alpha value is -3.22. The van der Waals surface area contributed by atoms with Crippen molar-refractivity contribution in [2.24, 2.45) is 0 Å². The van der Waals surface area contributed by atoms with Gasteiger partial charge in [0.1, 0.15) is 5.75 Å². The number of benzene rings is 2. The summed E-state index contributed by atoms with van der Waals surface area (Å²) in [5, 5.41) is 11.4. The summed E-state index contributed by atoms with van der Waals surface area (Å²) in [7, 11) is 3.04. The molecule has 0 atom stereocenters. The van der Waals surface area contributed by atoms with E-state index in [2.05, 4.69) is 5.32 Å². The van der Waals surface area contributed by atoms with Crippen molar-refractivity contribution in [2.75, 3.05) is 26.1 Å². The Bertz CT molecular complexity index is 757. The van der Waals surface area contributed by atoms with E-state index < -0.39 is 5.97 Å².